The largest absolute Gasteiger partial charge is 0.350 e. The zero-order valence-electron chi connectivity index (χ0n) is 11.6. The molecule has 1 N–H and O–H groups in total. The van der Waals surface area contributed by atoms with Gasteiger partial charge in [0.1, 0.15) is 5.65 Å². The molecular formula is C15H19N3OS. The standard InChI is InChI=1S/C15H19N3OS/c1-11-4-5-18-8-13(17-14(18)6-11)7-16-15(19)10-20-9-12-2-3-12/h4-6,8,12H,2-3,7,9-10H2,1H3,(H,16,19). The predicted molar refractivity (Wildman–Crippen MR) is 81.8 cm³/mol. The van der Waals surface area contributed by atoms with Gasteiger partial charge >= 0.3 is 0 Å². The van der Waals surface area contributed by atoms with Crippen molar-refractivity contribution in [2.24, 2.45) is 5.92 Å². The van der Waals surface area contributed by atoms with Gasteiger partial charge in [-0.15, -0.1) is 0 Å². The zero-order valence-corrected chi connectivity index (χ0v) is 12.4. The van der Waals surface area contributed by atoms with Gasteiger partial charge in [0.15, 0.2) is 0 Å². The van der Waals surface area contributed by atoms with E-state index in [2.05, 4.69) is 10.3 Å². The fourth-order valence-corrected chi connectivity index (χ4v) is 3.14. The first-order valence-corrected chi connectivity index (χ1v) is 8.15. The number of carbonyl (C=O) groups excluding carboxylic acids is 1. The molecule has 0 spiro atoms. The van der Waals surface area contributed by atoms with Crippen molar-refractivity contribution in [2.45, 2.75) is 26.3 Å². The second-order valence-electron chi connectivity index (χ2n) is 5.44. The van der Waals surface area contributed by atoms with E-state index in [9.17, 15) is 4.79 Å². The van der Waals surface area contributed by atoms with Gasteiger partial charge in [-0.25, -0.2) is 4.98 Å². The Morgan fingerprint density at radius 2 is 2.40 bits per heavy atom. The number of hydrogen-bond acceptors (Lipinski definition) is 3. The Morgan fingerprint density at radius 3 is 3.20 bits per heavy atom. The summed E-state index contributed by atoms with van der Waals surface area (Å²) < 4.78 is 1.98. The van der Waals surface area contributed by atoms with Gasteiger partial charge in [-0.3, -0.25) is 4.79 Å². The van der Waals surface area contributed by atoms with Crippen molar-refractivity contribution in [1.82, 2.24) is 14.7 Å². The van der Waals surface area contributed by atoms with Gasteiger partial charge in [0.2, 0.25) is 5.91 Å². The van der Waals surface area contributed by atoms with E-state index in [1.807, 2.05) is 35.9 Å². The topological polar surface area (TPSA) is 46.4 Å². The summed E-state index contributed by atoms with van der Waals surface area (Å²) in [5.41, 5.74) is 3.02. The summed E-state index contributed by atoms with van der Waals surface area (Å²) in [6.07, 6.45) is 6.64. The van der Waals surface area contributed by atoms with Crippen molar-refractivity contribution in [1.29, 1.82) is 0 Å². The van der Waals surface area contributed by atoms with Crippen molar-refractivity contribution in [3.8, 4) is 0 Å². The Bertz CT molecular complexity index is 619. The van der Waals surface area contributed by atoms with E-state index >= 15 is 0 Å². The maximum absolute atomic E-state index is 11.7. The van der Waals surface area contributed by atoms with Gasteiger partial charge < -0.3 is 9.72 Å². The molecule has 20 heavy (non-hydrogen) atoms. The fraction of sp³-hybridized carbons (Fsp3) is 0.467. The summed E-state index contributed by atoms with van der Waals surface area (Å²) in [6, 6.07) is 4.09. The minimum atomic E-state index is 0.101. The van der Waals surface area contributed by atoms with E-state index < -0.39 is 0 Å². The highest BCUT2D eigenvalue weighted by molar-refractivity contribution is 7.99. The Labute approximate surface area is 123 Å². The quantitative estimate of drug-likeness (QED) is 0.888. The lowest BCUT2D eigenvalue weighted by atomic mass is 10.3. The maximum atomic E-state index is 11.7. The zero-order chi connectivity index (χ0) is 13.9. The number of carbonyl (C=O) groups is 1. The summed E-state index contributed by atoms with van der Waals surface area (Å²) in [5.74, 6) is 2.66. The van der Waals surface area contributed by atoms with Crippen LogP contribution < -0.4 is 5.32 Å². The molecule has 0 aliphatic heterocycles. The van der Waals surface area contributed by atoms with E-state index in [1.54, 1.807) is 11.8 Å². The summed E-state index contributed by atoms with van der Waals surface area (Å²) >= 11 is 1.74. The van der Waals surface area contributed by atoms with Crippen LogP contribution >= 0.6 is 11.8 Å². The number of aryl methyl sites for hydroxylation is 1. The van der Waals surface area contributed by atoms with E-state index in [4.69, 9.17) is 0 Å². The third kappa shape index (κ3) is 3.54. The second-order valence-corrected chi connectivity index (χ2v) is 6.47. The molecule has 0 aromatic carbocycles. The third-order valence-electron chi connectivity index (χ3n) is 3.42. The molecule has 0 bridgehead atoms. The van der Waals surface area contributed by atoms with Gasteiger partial charge in [-0.2, -0.15) is 11.8 Å². The molecule has 5 heteroatoms. The lowest BCUT2D eigenvalue weighted by molar-refractivity contribution is -0.118. The van der Waals surface area contributed by atoms with E-state index in [0.717, 1.165) is 23.0 Å². The molecule has 106 valence electrons. The fourth-order valence-electron chi connectivity index (χ4n) is 2.06. The Balaban J connectivity index is 1.49. The minimum Gasteiger partial charge on any atom is -0.350 e. The van der Waals surface area contributed by atoms with E-state index in [0.29, 0.717) is 12.3 Å². The molecule has 0 atom stereocenters. The maximum Gasteiger partial charge on any atom is 0.230 e. The van der Waals surface area contributed by atoms with Crippen LogP contribution in [-0.4, -0.2) is 26.8 Å². The number of amides is 1. The van der Waals surface area contributed by atoms with Crippen LogP contribution in [0.25, 0.3) is 5.65 Å². The first-order chi connectivity index (χ1) is 9.70. The average molecular weight is 289 g/mol. The van der Waals surface area contributed by atoms with Crippen LogP contribution in [-0.2, 0) is 11.3 Å². The van der Waals surface area contributed by atoms with Crippen LogP contribution in [0.5, 0.6) is 0 Å². The van der Waals surface area contributed by atoms with E-state index in [1.165, 1.54) is 18.4 Å². The molecule has 0 unspecified atom stereocenters. The molecule has 1 fully saturated rings. The first kappa shape index (κ1) is 13.5. The molecule has 0 saturated heterocycles. The molecule has 2 aromatic heterocycles. The number of rotatable bonds is 6. The van der Waals surface area contributed by atoms with Crippen LogP contribution in [0.15, 0.2) is 24.5 Å². The second kappa shape index (κ2) is 5.87. The molecule has 1 aliphatic carbocycles. The molecule has 4 nitrogen and oxygen atoms in total. The van der Waals surface area contributed by atoms with Crippen molar-refractivity contribution in [3.63, 3.8) is 0 Å². The number of hydrogen-bond donors (Lipinski definition) is 1. The Kier molecular flexibility index (Phi) is 3.96. The number of aromatic nitrogens is 2. The van der Waals surface area contributed by atoms with Gasteiger partial charge in [0, 0.05) is 12.4 Å². The SMILES string of the molecule is Cc1ccn2cc(CNC(=O)CSCC3CC3)nc2c1. The average Bonchev–Trinajstić information content (AvgIpc) is 3.15. The number of nitrogens with one attached hydrogen (secondary N) is 1. The van der Waals surface area contributed by atoms with E-state index in [-0.39, 0.29) is 5.91 Å². The predicted octanol–water partition coefficient (Wildman–Crippen LogP) is 2.40. The molecule has 1 saturated carbocycles. The Hall–Kier alpha value is -1.49. The smallest absolute Gasteiger partial charge is 0.230 e. The highest BCUT2D eigenvalue weighted by Gasteiger charge is 2.21. The molecule has 0 radical (unpaired) electrons. The van der Waals surface area contributed by atoms with Gasteiger partial charge in [-0.1, -0.05) is 0 Å². The lowest BCUT2D eigenvalue weighted by Gasteiger charge is -2.02. The van der Waals surface area contributed by atoms with Crippen LogP contribution in [0.2, 0.25) is 0 Å². The summed E-state index contributed by atoms with van der Waals surface area (Å²) in [6.45, 7) is 2.55. The van der Waals surface area contributed by atoms with Crippen molar-refractivity contribution in [2.75, 3.05) is 11.5 Å². The first-order valence-electron chi connectivity index (χ1n) is 6.99. The summed E-state index contributed by atoms with van der Waals surface area (Å²) in [5, 5.41) is 2.93. The highest BCUT2D eigenvalue weighted by Crippen LogP contribution is 2.32. The third-order valence-corrected chi connectivity index (χ3v) is 4.59. The summed E-state index contributed by atoms with van der Waals surface area (Å²) in [4.78, 5) is 16.2. The number of fused-ring (bicyclic) bond motifs is 1. The monoisotopic (exact) mass is 289 g/mol. The number of imidazole rings is 1. The van der Waals surface area contributed by atoms with Crippen LogP contribution in [0.3, 0.4) is 0 Å². The molecule has 2 aromatic rings. The van der Waals surface area contributed by atoms with Gasteiger partial charge in [0.05, 0.1) is 18.0 Å². The van der Waals surface area contributed by atoms with Gasteiger partial charge in [0.25, 0.3) is 0 Å². The number of nitrogens with zero attached hydrogens (tertiary/aromatic N) is 2. The normalized spacial score (nSPS) is 14.7. The van der Waals surface area contributed by atoms with Crippen molar-refractivity contribution >= 4 is 23.3 Å². The highest BCUT2D eigenvalue weighted by atomic mass is 32.2. The minimum absolute atomic E-state index is 0.101. The van der Waals surface area contributed by atoms with Gasteiger partial charge in [-0.05, 0) is 49.1 Å². The molecule has 2 heterocycles. The molecular weight excluding hydrogens is 270 g/mol. The molecule has 1 amide bonds. The van der Waals surface area contributed by atoms with Crippen LogP contribution in [0.1, 0.15) is 24.1 Å². The van der Waals surface area contributed by atoms with Crippen molar-refractivity contribution in [3.05, 3.63) is 35.8 Å². The molecule has 3 rings (SSSR count). The lowest BCUT2D eigenvalue weighted by Crippen LogP contribution is -2.24. The van der Waals surface area contributed by atoms with Crippen LogP contribution in [0, 0.1) is 12.8 Å². The number of pyridine rings is 1. The Morgan fingerprint density at radius 1 is 1.55 bits per heavy atom. The molecule has 1 aliphatic rings. The van der Waals surface area contributed by atoms with Crippen molar-refractivity contribution < 1.29 is 4.79 Å². The van der Waals surface area contributed by atoms with Crippen LogP contribution in [0.4, 0.5) is 0 Å². The number of thioether (sulfide) groups is 1. The summed E-state index contributed by atoms with van der Waals surface area (Å²) in [7, 11) is 0.